The molecular weight excluding hydrogens is 192 g/mol. The van der Waals surface area contributed by atoms with Crippen LogP contribution in [0.3, 0.4) is 0 Å². The second kappa shape index (κ2) is 5.85. The predicted molar refractivity (Wildman–Crippen MR) is 46.3 cm³/mol. The van der Waals surface area contributed by atoms with E-state index in [-0.39, 0.29) is 0 Å². The highest BCUT2D eigenvalue weighted by molar-refractivity contribution is 5.58. The van der Waals surface area contributed by atoms with Gasteiger partial charge in [-0.1, -0.05) is 6.08 Å². The molecule has 2 unspecified atom stereocenters. The van der Waals surface area contributed by atoms with E-state index < -0.39 is 24.5 Å². The Morgan fingerprint density at radius 2 is 1.71 bits per heavy atom. The fourth-order valence-corrected chi connectivity index (χ4v) is 0.824. The first kappa shape index (κ1) is 12.3. The molecule has 0 aromatic heterocycles. The minimum atomic E-state index is -1.48. The van der Waals surface area contributed by atoms with E-state index in [1.165, 1.54) is 13.0 Å². The van der Waals surface area contributed by atoms with Crippen LogP contribution in [-0.2, 0) is 9.47 Å². The van der Waals surface area contributed by atoms with Crippen LogP contribution in [0, 0.1) is 0 Å². The zero-order valence-electron chi connectivity index (χ0n) is 7.84. The second-order valence-electron chi connectivity index (χ2n) is 2.46. The van der Waals surface area contributed by atoms with Crippen LogP contribution in [0.15, 0.2) is 12.2 Å². The van der Waals surface area contributed by atoms with E-state index in [1.54, 1.807) is 13.0 Å². The summed E-state index contributed by atoms with van der Waals surface area (Å²) in [5.74, 6) is 0. The quantitative estimate of drug-likeness (QED) is 0.534. The maximum Gasteiger partial charge on any atom is 0.506 e. The van der Waals surface area contributed by atoms with Crippen LogP contribution in [0.2, 0.25) is 0 Å². The van der Waals surface area contributed by atoms with Gasteiger partial charge in [-0.15, -0.1) is 0 Å². The fraction of sp³-hybridized carbons (Fsp3) is 0.500. The molecule has 0 aromatic carbocycles. The highest BCUT2D eigenvalue weighted by atomic mass is 16.7. The average molecular weight is 204 g/mol. The van der Waals surface area contributed by atoms with E-state index in [0.717, 1.165) is 0 Å². The molecule has 6 nitrogen and oxygen atoms in total. The van der Waals surface area contributed by atoms with Crippen molar-refractivity contribution >= 4 is 12.3 Å². The summed E-state index contributed by atoms with van der Waals surface area (Å²) in [5, 5.41) is 16.6. The molecule has 0 heterocycles. The zero-order valence-corrected chi connectivity index (χ0v) is 7.84. The Bertz CT molecular complexity index is 234. The van der Waals surface area contributed by atoms with Crippen molar-refractivity contribution < 1.29 is 29.3 Å². The maximum absolute atomic E-state index is 10.2. The Kier molecular flexibility index (Phi) is 5.13. The van der Waals surface area contributed by atoms with Gasteiger partial charge in [-0.3, -0.25) is 0 Å². The summed E-state index contributed by atoms with van der Waals surface area (Å²) >= 11 is 0. The lowest BCUT2D eigenvalue weighted by atomic mass is 10.2. The third kappa shape index (κ3) is 5.02. The summed E-state index contributed by atoms with van der Waals surface area (Å²) in [4.78, 5) is 20.4. The Morgan fingerprint density at radius 1 is 1.21 bits per heavy atom. The van der Waals surface area contributed by atoms with Crippen molar-refractivity contribution in [2.75, 3.05) is 0 Å². The van der Waals surface area contributed by atoms with Gasteiger partial charge in [0.2, 0.25) is 0 Å². The molecule has 0 aliphatic heterocycles. The Balaban J connectivity index is 4.31. The van der Waals surface area contributed by atoms with Crippen LogP contribution in [0.5, 0.6) is 0 Å². The van der Waals surface area contributed by atoms with Gasteiger partial charge in [0.1, 0.15) is 6.10 Å². The van der Waals surface area contributed by atoms with Crippen molar-refractivity contribution in [3.05, 3.63) is 12.2 Å². The molecular formula is C8H12O6. The molecule has 6 heteroatoms. The topological polar surface area (TPSA) is 93.1 Å². The summed E-state index contributed by atoms with van der Waals surface area (Å²) < 4.78 is 8.74. The fourth-order valence-electron chi connectivity index (χ4n) is 0.824. The molecule has 80 valence electrons. The molecule has 0 radical (unpaired) electrons. The third-order valence-corrected chi connectivity index (χ3v) is 1.37. The first-order valence-corrected chi connectivity index (χ1v) is 3.89. The molecule has 0 aliphatic rings. The van der Waals surface area contributed by atoms with E-state index in [0.29, 0.717) is 0 Å². The molecule has 14 heavy (non-hydrogen) atoms. The number of hydrogen-bond acceptors (Lipinski definition) is 4. The molecule has 0 aromatic rings. The third-order valence-electron chi connectivity index (χ3n) is 1.37. The smallest absolute Gasteiger partial charge is 0.450 e. The largest absolute Gasteiger partial charge is 0.506 e. The lowest BCUT2D eigenvalue weighted by Gasteiger charge is -2.18. The van der Waals surface area contributed by atoms with Crippen LogP contribution in [-0.4, -0.2) is 34.7 Å². The minimum absolute atomic E-state index is 0.875. The molecule has 2 N–H and O–H groups in total. The zero-order chi connectivity index (χ0) is 11.1. The lowest BCUT2D eigenvalue weighted by molar-refractivity contribution is -0.0149. The van der Waals surface area contributed by atoms with Crippen LogP contribution >= 0.6 is 0 Å². The van der Waals surface area contributed by atoms with Gasteiger partial charge in [0.25, 0.3) is 0 Å². The van der Waals surface area contributed by atoms with E-state index in [9.17, 15) is 9.59 Å². The van der Waals surface area contributed by atoms with E-state index in [2.05, 4.69) is 9.47 Å². The number of allylic oxidation sites excluding steroid dienone is 1. The molecule has 0 saturated carbocycles. The number of ether oxygens (including phenoxy) is 2. The van der Waals surface area contributed by atoms with Gasteiger partial charge in [0, 0.05) is 0 Å². The molecule has 0 rings (SSSR count). The number of carboxylic acid groups (broad SMARTS) is 2. The number of hydrogen-bond donors (Lipinski definition) is 2. The molecule has 0 amide bonds. The predicted octanol–water partition coefficient (Wildman–Crippen LogP) is 1.71. The molecule has 0 bridgehead atoms. The molecule has 0 aliphatic carbocycles. The Morgan fingerprint density at radius 3 is 2.07 bits per heavy atom. The summed E-state index contributed by atoms with van der Waals surface area (Å²) in [6.07, 6.45) is -1.79. The average Bonchev–Trinajstić information content (AvgIpc) is 2.01. The van der Waals surface area contributed by atoms with E-state index >= 15 is 0 Å². The normalized spacial score (nSPS) is 14.7. The molecule has 0 spiro atoms. The first-order chi connectivity index (χ1) is 6.47. The van der Waals surface area contributed by atoms with Gasteiger partial charge in [-0.05, 0) is 19.9 Å². The Hall–Kier alpha value is -1.72. The first-order valence-electron chi connectivity index (χ1n) is 3.89. The molecule has 2 atom stereocenters. The van der Waals surface area contributed by atoms with Gasteiger partial charge in [-0.2, -0.15) is 0 Å². The van der Waals surface area contributed by atoms with Crippen molar-refractivity contribution in [3.8, 4) is 0 Å². The van der Waals surface area contributed by atoms with Crippen LogP contribution in [0.25, 0.3) is 0 Å². The van der Waals surface area contributed by atoms with Crippen molar-refractivity contribution in [2.24, 2.45) is 0 Å². The van der Waals surface area contributed by atoms with Gasteiger partial charge in [0.05, 0.1) is 0 Å². The molecule has 0 fully saturated rings. The monoisotopic (exact) mass is 204 g/mol. The highest BCUT2D eigenvalue weighted by Crippen LogP contribution is 2.06. The maximum atomic E-state index is 10.2. The van der Waals surface area contributed by atoms with Gasteiger partial charge in [-0.25, -0.2) is 9.59 Å². The summed E-state index contributed by atoms with van der Waals surface area (Å²) in [7, 11) is 0. The highest BCUT2D eigenvalue weighted by Gasteiger charge is 2.21. The lowest BCUT2D eigenvalue weighted by Crippen LogP contribution is -2.30. The van der Waals surface area contributed by atoms with Crippen LogP contribution in [0.1, 0.15) is 13.8 Å². The number of carbonyl (C=O) groups is 2. The van der Waals surface area contributed by atoms with Crippen LogP contribution < -0.4 is 0 Å². The van der Waals surface area contributed by atoms with Gasteiger partial charge in [0.15, 0.2) is 6.10 Å². The number of rotatable bonds is 4. The van der Waals surface area contributed by atoms with Crippen molar-refractivity contribution in [2.45, 2.75) is 26.1 Å². The van der Waals surface area contributed by atoms with Crippen molar-refractivity contribution in [3.63, 3.8) is 0 Å². The summed E-state index contributed by atoms with van der Waals surface area (Å²) in [5.41, 5.74) is 0. The minimum Gasteiger partial charge on any atom is -0.450 e. The van der Waals surface area contributed by atoms with Gasteiger partial charge >= 0.3 is 12.3 Å². The summed E-state index contributed by atoms with van der Waals surface area (Å²) in [6.45, 7) is 3.06. The SMILES string of the molecule is C/C=C\C(OC(=O)O)C(C)OC(=O)O. The molecule has 0 saturated heterocycles. The second-order valence-corrected chi connectivity index (χ2v) is 2.46. The van der Waals surface area contributed by atoms with Crippen molar-refractivity contribution in [1.82, 2.24) is 0 Å². The van der Waals surface area contributed by atoms with E-state index in [1.807, 2.05) is 0 Å². The van der Waals surface area contributed by atoms with E-state index in [4.69, 9.17) is 10.2 Å². The van der Waals surface area contributed by atoms with Gasteiger partial charge < -0.3 is 19.7 Å². The summed E-state index contributed by atoms with van der Waals surface area (Å²) in [6, 6.07) is 0. The van der Waals surface area contributed by atoms with Crippen molar-refractivity contribution in [1.29, 1.82) is 0 Å². The Labute approximate surface area is 80.7 Å². The van der Waals surface area contributed by atoms with Crippen LogP contribution in [0.4, 0.5) is 9.59 Å². The standard InChI is InChI=1S/C8H12O6/c1-3-4-6(14-8(11)12)5(2)13-7(9)10/h3-6H,1-2H3,(H,9,10)(H,11,12)/b4-3-.